The van der Waals surface area contributed by atoms with E-state index in [1.807, 2.05) is 11.6 Å². The molecule has 0 N–H and O–H groups in total. The number of rotatable bonds is 4. The minimum absolute atomic E-state index is 0.669. The molecular weight excluding hydrogens is 314 g/mol. The van der Waals surface area contributed by atoms with Crippen molar-refractivity contribution in [2.24, 2.45) is 7.05 Å². The van der Waals surface area contributed by atoms with Gasteiger partial charge in [0, 0.05) is 18.1 Å². The van der Waals surface area contributed by atoms with E-state index in [-0.39, 0.29) is 0 Å². The number of hydrogen-bond acceptors (Lipinski definition) is 2. The SMILES string of the molecule is CN(Cc1ccc(Br)cc1)Cc1ncc(Cl)n1C. The molecule has 3 nitrogen and oxygen atoms in total. The highest BCUT2D eigenvalue weighted by atomic mass is 79.9. The zero-order valence-electron chi connectivity index (χ0n) is 10.4. The van der Waals surface area contributed by atoms with Gasteiger partial charge in [-0.1, -0.05) is 39.7 Å². The topological polar surface area (TPSA) is 21.1 Å². The molecule has 96 valence electrons. The third-order valence-corrected chi connectivity index (χ3v) is 3.68. The summed E-state index contributed by atoms with van der Waals surface area (Å²) in [5.41, 5.74) is 1.28. The van der Waals surface area contributed by atoms with Gasteiger partial charge in [-0.25, -0.2) is 4.98 Å². The number of aromatic nitrogens is 2. The summed E-state index contributed by atoms with van der Waals surface area (Å²) in [6, 6.07) is 8.35. The first-order valence-corrected chi connectivity index (χ1v) is 6.82. The van der Waals surface area contributed by atoms with Crippen LogP contribution >= 0.6 is 27.5 Å². The molecule has 18 heavy (non-hydrogen) atoms. The second-order valence-corrected chi connectivity index (χ2v) is 5.66. The Morgan fingerprint density at radius 3 is 2.50 bits per heavy atom. The van der Waals surface area contributed by atoms with Crippen LogP contribution < -0.4 is 0 Å². The Balaban J connectivity index is 1.98. The summed E-state index contributed by atoms with van der Waals surface area (Å²) >= 11 is 9.40. The van der Waals surface area contributed by atoms with Crippen molar-refractivity contribution < 1.29 is 0 Å². The third kappa shape index (κ3) is 3.34. The Morgan fingerprint density at radius 2 is 1.94 bits per heavy atom. The summed E-state index contributed by atoms with van der Waals surface area (Å²) in [4.78, 5) is 6.50. The lowest BCUT2D eigenvalue weighted by Gasteiger charge is -2.16. The average molecular weight is 329 g/mol. The number of imidazole rings is 1. The highest BCUT2D eigenvalue weighted by Gasteiger charge is 2.08. The van der Waals surface area contributed by atoms with Gasteiger partial charge in [-0.2, -0.15) is 0 Å². The lowest BCUT2D eigenvalue weighted by molar-refractivity contribution is 0.307. The smallest absolute Gasteiger partial charge is 0.128 e. The Hall–Kier alpha value is -0.840. The molecule has 0 atom stereocenters. The van der Waals surface area contributed by atoms with Gasteiger partial charge in [0.05, 0.1) is 12.7 Å². The molecule has 1 aromatic heterocycles. The van der Waals surface area contributed by atoms with Crippen molar-refractivity contribution >= 4 is 27.5 Å². The Bertz CT molecular complexity index is 522. The molecule has 0 fully saturated rings. The summed E-state index contributed by atoms with van der Waals surface area (Å²) in [5.74, 6) is 0.972. The van der Waals surface area contributed by atoms with Crippen molar-refractivity contribution in [1.29, 1.82) is 0 Å². The second-order valence-electron chi connectivity index (χ2n) is 4.35. The van der Waals surface area contributed by atoms with Crippen LogP contribution in [-0.2, 0) is 20.1 Å². The van der Waals surface area contributed by atoms with Gasteiger partial charge >= 0.3 is 0 Å². The summed E-state index contributed by atoms with van der Waals surface area (Å²) < 4.78 is 3.00. The standard InChI is InChI=1S/C13H15BrClN3/c1-17(8-10-3-5-11(14)6-4-10)9-13-16-7-12(15)18(13)2/h3-7H,8-9H2,1-2H3. The maximum Gasteiger partial charge on any atom is 0.128 e. The molecule has 0 aliphatic carbocycles. The molecule has 0 saturated heterocycles. The van der Waals surface area contributed by atoms with Crippen molar-refractivity contribution in [2.75, 3.05) is 7.05 Å². The minimum Gasteiger partial charge on any atom is -0.321 e. The fourth-order valence-electron chi connectivity index (χ4n) is 1.77. The highest BCUT2D eigenvalue weighted by Crippen LogP contribution is 2.14. The molecule has 0 aliphatic rings. The van der Waals surface area contributed by atoms with Gasteiger partial charge in [0.2, 0.25) is 0 Å². The predicted molar refractivity (Wildman–Crippen MR) is 77.5 cm³/mol. The number of halogens is 2. The first-order valence-electron chi connectivity index (χ1n) is 5.65. The molecule has 0 radical (unpaired) electrons. The van der Waals surface area contributed by atoms with Gasteiger partial charge < -0.3 is 4.57 Å². The molecule has 0 amide bonds. The summed E-state index contributed by atoms with van der Waals surface area (Å²) in [6.07, 6.45) is 1.68. The van der Waals surface area contributed by atoms with Crippen LogP contribution in [0.3, 0.4) is 0 Å². The van der Waals surface area contributed by atoms with E-state index in [0.29, 0.717) is 5.15 Å². The molecule has 1 aromatic carbocycles. The third-order valence-electron chi connectivity index (χ3n) is 2.80. The summed E-state index contributed by atoms with van der Waals surface area (Å²) in [6.45, 7) is 1.66. The van der Waals surface area contributed by atoms with Gasteiger partial charge in [-0.3, -0.25) is 4.90 Å². The Labute approximate surface area is 121 Å². The molecule has 0 bridgehead atoms. The van der Waals surface area contributed by atoms with Gasteiger partial charge in [0.15, 0.2) is 0 Å². The van der Waals surface area contributed by atoms with Gasteiger partial charge in [-0.15, -0.1) is 0 Å². The maximum absolute atomic E-state index is 5.97. The highest BCUT2D eigenvalue weighted by molar-refractivity contribution is 9.10. The van der Waals surface area contributed by atoms with Crippen LogP contribution in [0.5, 0.6) is 0 Å². The van der Waals surface area contributed by atoms with Crippen LogP contribution in [-0.4, -0.2) is 21.5 Å². The zero-order chi connectivity index (χ0) is 13.1. The molecule has 5 heteroatoms. The molecule has 0 unspecified atom stereocenters. The molecule has 0 saturated carbocycles. The van der Waals surface area contributed by atoms with Crippen molar-refractivity contribution in [3.8, 4) is 0 Å². The quantitative estimate of drug-likeness (QED) is 0.857. The van der Waals surface area contributed by atoms with Crippen LogP contribution in [0.2, 0.25) is 5.15 Å². The number of hydrogen-bond donors (Lipinski definition) is 0. The van der Waals surface area contributed by atoms with E-state index >= 15 is 0 Å². The summed E-state index contributed by atoms with van der Waals surface area (Å²) in [7, 11) is 4.00. The molecule has 1 heterocycles. The molecular formula is C13H15BrClN3. The van der Waals surface area contributed by atoms with Crippen LogP contribution in [0.4, 0.5) is 0 Å². The van der Waals surface area contributed by atoms with Gasteiger partial charge in [0.25, 0.3) is 0 Å². The average Bonchev–Trinajstić information content (AvgIpc) is 2.64. The van der Waals surface area contributed by atoms with Crippen LogP contribution in [0, 0.1) is 0 Å². The van der Waals surface area contributed by atoms with E-state index in [1.54, 1.807) is 6.20 Å². The van der Waals surface area contributed by atoms with Crippen LogP contribution in [0.25, 0.3) is 0 Å². The van der Waals surface area contributed by atoms with Crippen molar-refractivity contribution in [3.05, 3.63) is 51.5 Å². The van der Waals surface area contributed by atoms with E-state index in [0.717, 1.165) is 23.4 Å². The zero-order valence-corrected chi connectivity index (χ0v) is 12.7. The Kier molecular flexibility index (Phi) is 4.43. The fraction of sp³-hybridized carbons (Fsp3) is 0.308. The molecule has 2 aromatic rings. The number of nitrogens with zero attached hydrogens (tertiary/aromatic N) is 3. The second kappa shape index (κ2) is 5.87. The predicted octanol–water partition coefficient (Wildman–Crippen LogP) is 3.47. The van der Waals surface area contributed by atoms with E-state index < -0.39 is 0 Å². The van der Waals surface area contributed by atoms with Gasteiger partial charge in [0.1, 0.15) is 11.0 Å². The largest absolute Gasteiger partial charge is 0.321 e. The molecule has 2 rings (SSSR count). The van der Waals surface area contributed by atoms with E-state index in [4.69, 9.17) is 11.6 Å². The molecule has 0 aliphatic heterocycles. The van der Waals surface area contributed by atoms with E-state index in [2.05, 4.69) is 57.1 Å². The van der Waals surface area contributed by atoms with Crippen LogP contribution in [0.15, 0.2) is 34.9 Å². The first kappa shape index (κ1) is 13.6. The monoisotopic (exact) mass is 327 g/mol. The minimum atomic E-state index is 0.669. The fourth-order valence-corrected chi connectivity index (χ4v) is 2.18. The molecule has 0 spiro atoms. The maximum atomic E-state index is 5.97. The van der Waals surface area contributed by atoms with E-state index in [1.165, 1.54) is 5.56 Å². The van der Waals surface area contributed by atoms with Crippen molar-refractivity contribution in [1.82, 2.24) is 14.5 Å². The lowest BCUT2D eigenvalue weighted by atomic mass is 10.2. The normalized spacial score (nSPS) is 11.2. The van der Waals surface area contributed by atoms with Gasteiger partial charge in [-0.05, 0) is 24.7 Å². The van der Waals surface area contributed by atoms with Crippen molar-refractivity contribution in [2.45, 2.75) is 13.1 Å². The van der Waals surface area contributed by atoms with E-state index in [9.17, 15) is 0 Å². The first-order chi connectivity index (χ1) is 8.56. The Morgan fingerprint density at radius 1 is 1.28 bits per heavy atom. The lowest BCUT2D eigenvalue weighted by Crippen LogP contribution is -2.19. The van der Waals surface area contributed by atoms with Crippen molar-refractivity contribution in [3.63, 3.8) is 0 Å². The van der Waals surface area contributed by atoms with Crippen LogP contribution in [0.1, 0.15) is 11.4 Å². The number of benzene rings is 1. The summed E-state index contributed by atoms with van der Waals surface area (Å²) in [5, 5.41) is 0.669.